The van der Waals surface area contributed by atoms with Crippen molar-refractivity contribution >= 4 is 31.7 Å². The maximum Gasteiger partial charge on any atom is 0.356 e. The summed E-state index contributed by atoms with van der Waals surface area (Å²) in [6.07, 6.45) is 0.747. The summed E-state index contributed by atoms with van der Waals surface area (Å²) >= 11 is 3.64. The lowest BCUT2D eigenvalue weighted by molar-refractivity contribution is 0.0364. The fourth-order valence-electron chi connectivity index (χ4n) is 4.80. The van der Waals surface area contributed by atoms with Gasteiger partial charge in [0.25, 0.3) is 5.56 Å². The summed E-state index contributed by atoms with van der Waals surface area (Å²) in [5, 5.41) is 0. The summed E-state index contributed by atoms with van der Waals surface area (Å²) in [5.41, 5.74) is 4.50. The summed E-state index contributed by atoms with van der Waals surface area (Å²) in [6, 6.07) is 17.4. The molecule has 7 nitrogen and oxygen atoms in total. The number of rotatable bonds is 6. The number of aromatic nitrogens is 2. The Morgan fingerprint density at radius 3 is 2.42 bits per heavy atom. The molecule has 0 unspecified atom stereocenters. The molecule has 1 N–H and O–H groups in total. The van der Waals surface area contributed by atoms with Crippen molar-refractivity contribution in [3.05, 3.63) is 103 Å². The maximum absolute atomic E-state index is 13.3. The van der Waals surface area contributed by atoms with Crippen LogP contribution in [0, 0.1) is 6.92 Å². The van der Waals surface area contributed by atoms with Gasteiger partial charge in [0, 0.05) is 6.54 Å². The molecule has 0 bridgehead atoms. The minimum absolute atomic E-state index is 0.0613. The van der Waals surface area contributed by atoms with Crippen molar-refractivity contribution in [2.45, 2.75) is 56.1 Å². The zero-order valence-electron chi connectivity index (χ0n) is 21.2. The number of nitrogens with zero attached hydrogens (tertiary/aromatic N) is 1. The Morgan fingerprint density at radius 2 is 1.76 bits per heavy atom. The number of carbonyl (C=O) groups excluding carboxylic acids is 1. The Balaban J connectivity index is 1.71. The molecule has 0 saturated heterocycles. The van der Waals surface area contributed by atoms with E-state index in [1.54, 1.807) is 32.0 Å². The molecule has 0 spiro atoms. The van der Waals surface area contributed by atoms with Crippen LogP contribution in [-0.4, -0.2) is 30.0 Å². The molecular weight excluding hydrogens is 568 g/mol. The molecule has 38 heavy (non-hydrogen) atoms. The Kier molecular flexibility index (Phi) is 6.92. The second-order valence-electron chi connectivity index (χ2n) is 9.69. The number of H-pyrrole nitrogens is 1. The van der Waals surface area contributed by atoms with E-state index < -0.39 is 21.4 Å². The number of halogens is 1. The summed E-state index contributed by atoms with van der Waals surface area (Å²) in [6.45, 7) is 5.95. The van der Waals surface area contributed by atoms with Crippen LogP contribution in [0.2, 0.25) is 0 Å². The normalized spacial score (nSPS) is 12.8. The van der Waals surface area contributed by atoms with Crippen molar-refractivity contribution in [2.75, 3.05) is 0 Å². The number of nitrogens with one attached hydrogen (secondary N) is 1. The summed E-state index contributed by atoms with van der Waals surface area (Å²) in [5.74, 6) is -0.472. The van der Waals surface area contributed by atoms with Crippen LogP contribution in [0.5, 0.6) is 0 Å². The first-order valence-electron chi connectivity index (χ1n) is 12.3. The van der Waals surface area contributed by atoms with E-state index in [9.17, 15) is 18.0 Å². The molecule has 0 fully saturated rings. The quantitative estimate of drug-likeness (QED) is 0.299. The smallest absolute Gasteiger partial charge is 0.356 e. The average molecular weight is 596 g/mol. The van der Waals surface area contributed by atoms with Crippen LogP contribution in [0.1, 0.15) is 46.6 Å². The van der Waals surface area contributed by atoms with E-state index >= 15 is 0 Å². The average Bonchev–Trinajstić information content (AvgIpc) is 3.16. The number of carbonyl (C=O) groups is 1. The molecule has 2 aromatic carbocycles. The van der Waals surface area contributed by atoms with Crippen molar-refractivity contribution in [1.29, 1.82) is 0 Å². The Hall–Kier alpha value is -3.43. The second kappa shape index (κ2) is 10.0. The molecule has 0 saturated carbocycles. The number of benzene rings is 2. The number of aromatic amines is 1. The Labute approximate surface area is 229 Å². The fraction of sp³-hybridized carbons (Fsp3) is 0.241. The molecule has 1 aliphatic rings. The number of ether oxygens (including phenoxy) is 1. The number of hydrogen-bond donors (Lipinski definition) is 1. The van der Waals surface area contributed by atoms with Crippen LogP contribution in [0.15, 0.2) is 79.7 Å². The van der Waals surface area contributed by atoms with E-state index in [-0.39, 0.29) is 15.9 Å². The van der Waals surface area contributed by atoms with Gasteiger partial charge in [-0.3, -0.25) is 4.79 Å². The van der Waals surface area contributed by atoms with Gasteiger partial charge in [0.2, 0.25) is 9.84 Å². The third kappa shape index (κ3) is 4.65. The number of fused-ring (bicyclic) bond motifs is 3. The Morgan fingerprint density at radius 1 is 1.08 bits per heavy atom. The van der Waals surface area contributed by atoms with E-state index in [4.69, 9.17) is 4.74 Å². The summed E-state index contributed by atoms with van der Waals surface area (Å²) < 4.78 is 34.6. The minimum Gasteiger partial charge on any atom is -0.458 e. The predicted octanol–water partition coefficient (Wildman–Crippen LogP) is 5.46. The van der Waals surface area contributed by atoms with Crippen LogP contribution in [0.25, 0.3) is 11.4 Å². The first kappa shape index (κ1) is 26.2. The number of pyridine rings is 1. The van der Waals surface area contributed by atoms with Crippen LogP contribution in [0.4, 0.5) is 0 Å². The molecule has 0 atom stereocenters. The zero-order valence-corrected chi connectivity index (χ0v) is 23.6. The lowest BCUT2D eigenvalue weighted by Gasteiger charge is -2.21. The molecule has 2 heterocycles. The van der Waals surface area contributed by atoms with E-state index in [0.29, 0.717) is 46.5 Å². The van der Waals surface area contributed by atoms with E-state index in [1.807, 2.05) is 35.8 Å². The molecule has 4 aromatic rings. The van der Waals surface area contributed by atoms with E-state index in [2.05, 4.69) is 20.9 Å². The van der Waals surface area contributed by atoms with Crippen LogP contribution in [-0.2, 0) is 34.0 Å². The highest BCUT2D eigenvalue weighted by molar-refractivity contribution is 9.10. The molecule has 0 aliphatic heterocycles. The molecule has 0 radical (unpaired) electrons. The van der Waals surface area contributed by atoms with Gasteiger partial charge in [0.05, 0.1) is 26.9 Å². The number of aryl methyl sites for hydroxylation is 2. The van der Waals surface area contributed by atoms with Gasteiger partial charge in [-0.1, -0.05) is 48.0 Å². The minimum atomic E-state index is -4.01. The van der Waals surface area contributed by atoms with Crippen LogP contribution >= 0.6 is 15.9 Å². The number of esters is 1. The highest BCUT2D eigenvalue weighted by atomic mass is 79.9. The van der Waals surface area contributed by atoms with Gasteiger partial charge in [-0.15, -0.1) is 0 Å². The standard InChI is InChI=1S/C29H27BrN2O5S/c1-17(2)37-29(34)27-24(30)22-14-13-20-15-23(38(35,36)21-7-5-4-6-8-21)28(33)31-25(20)26(22)32(27)16-19-11-9-18(3)10-12-19/h4-12,15,17H,13-14,16H2,1-3H3,(H,31,33). The molecule has 9 heteroatoms. The van der Waals surface area contributed by atoms with Crippen molar-refractivity contribution in [2.24, 2.45) is 0 Å². The third-order valence-electron chi connectivity index (χ3n) is 6.61. The van der Waals surface area contributed by atoms with Gasteiger partial charge in [0.1, 0.15) is 10.6 Å². The third-order valence-corrected chi connectivity index (χ3v) is 9.24. The summed E-state index contributed by atoms with van der Waals surface area (Å²) in [4.78, 5) is 29.1. The maximum atomic E-state index is 13.3. The van der Waals surface area contributed by atoms with Crippen molar-refractivity contribution < 1.29 is 17.9 Å². The van der Waals surface area contributed by atoms with Gasteiger partial charge >= 0.3 is 5.97 Å². The monoisotopic (exact) mass is 594 g/mol. The SMILES string of the molecule is Cc1ccc(Cn2c(C(=O)OC(C)C)c(Br)c3c2-c2[nH]c(=O)c(S(=O)(=O)c4ccccc4)cc2CC3)cc1. The van der Waals surface area contributed by atoms with Gasteiger partial charge in [-0.2, -0.15) is 0 Å². The Bertz CT molecular complexity index is 1700. The molecule has 1 aliphatic carbocycles. The fourth-order valence-corrected chi connectivity index (χ4v) is 6.93. The van der Waals surface area contributed by atoms with Gasteiger partial charge in [-0.25, -0.2) is 13.2 Å². The highest BCUT2D eigenvalue weighted by Crippen LogP contribution is 2.41. The molecule has 2 aromatic heterocycles. The number of hydrogen-bond acceptors (Lipinski definition) is 5. The van der Waals surface area contributed by atoms with Gasteiger partial charge < -0.3 is 14.3 Å². The summed E-state index contributed by atoms with van der Waals surface area (Å²) in [7, 11) is -4.01. The lowest BCUT2D eigenvalue weighted by atomic mass is 9.94. The molecule has 196 valence electrons. The van der Waals surface area contributed by atoms with E-state index in [0.717, 1.165) is 16.7 Å². The first-order valence-corrected chi connectivity index (χ1v) is 14.6. The van der Waals surface area contributed by atoms with Crippen LogP contribution in [0.3, 0.4) is 0 Å². The predicted molar refractivity (Wildman–Crippen MR) is 148 cm³/mol. The topological polar surface area (TPSA) is 98.2 Å². The largest absolute Gasteiger partial charge is 0.458 e. The highest BCUT2D eigenvalue weighted by Gasteiger charge is 2.33. The van der Waals surface area contributed by atoms with Crippen molar-refractivity contribution in [1.82, 2.24) is 9.55 Å². The second-order valence-corrected chi connectivity index (χ2v) is 12.4. The number of sulfone groups is 1. The lowest BCUT2D eigenvalue weighted by Crippen LogP contribution is -2.23. The molecule has 0 amide bonds. The van der Waals surface area contributed by atoms with Crippen LogP contribution < -0.4 is 5.56 Å². The molecular formula is C29H27BrN2O5S. The van der Waals surface area contributed by atoms with Crippen molar-refractivity contribution in [3.63, 3.8) is 0 Å². The van der Waals surface area contributed by atoms with Crippen molar-refractivity contribution in [3.8, 4) is 11.4 Å². The molecule has 5 rings (SSSR count). The zero-order chi connectivity index (χ0) is 27.2. The van der Waals surface area contributed by atoms with Gasteiger partial charge in [-0.05, 0) is 84.4 Å². The van der Waals surface area contributed by atoms with Gasteiger partial charge in [0.15, 0.2) is 0 Å². The first-order chi connectivity index (χ1) is 18.1. The van der Waals surface area contributed by atoms with E-state index in [1.165, 1.54) is 18.2 Å².